The van der Waals surface area contributed by atoms with Gasteiger partial charge in [0.25, 0.3) is 0 Å². The van der Waals surface area contributed by atoms with Crippen molar-refractivity contribution in [3.05, 3.63) is 162 Å². The molecule has 15 nitrogen and oxygen atoms in total. The molecular formula is C60H69N3O12. The Morgan fingerprint density at radius 2 is 0.520 bits per heavy atom. The van der Waals surface area contributed by atoms with E-state index in [0.29, 0.717) is 79.9 Å². The second-order valence-electron chi connectivity index (χ2n) is 18.5. The molecule has 0 saturated carbocycles. The molecule has 3 atom stereocenters. The Balaban J connectivity index is 1.66. The summed E-state index contributed by atoms with van der Waals surface area (Å²) in [5, 5.41) is 0. The van der Waals surface area contributed by atoms with E-state index in [9.17, 15) is 0 Å². The number of hydrogen-bond acceptors (Lipinski definition) is 15. The third-order valence-corrected chi connectivity index (χ3v) is 13.8. The summed E-state index contributed by atoms with van der Waals surface area (Å²) in [5.74, 6) is 3.81. The molecule has 3 unspecified atom stereocenters. The molecule has 0 amide bonds. The van der Waals surface area contributed by atoms with Crippen LogP contribution in [0.3, 0.4) is 0 Å². The first-order chi connectivity index (χ1) is 36.2. The lowest BCUT2D eigenvalue weighted by Crippen LogP contribution is -2.43. The van der Waals surface area contributed by atoms with Crippen molar-refractivity contribution in [2.45, 2.75) is 58.3 Å². The average molecular weight is 1020 g/mol. The predicted octanol–water partition coefficient (Wildman–Crippen LogP) is 11.9. The lowest BCUT2D eigenvalue weighted by Gasteiger charge is -2.44. The van der Waals surface area contributed by atoms with Crippen molar-refractivity contribution in [2.24, 2.45) is 17.8 Å². The molecule has 0 radical (unpaired) electrons. The van der Waals surface area contributed by atoms with Gasteiger partial charge in [-0.25, -0.2) is 0 Å². The fourth-order valence-electron chi connectivity index (χ4n) is 10.2. The topological polar surface area (TPSA) is 149 Å². The Morgan fingerprint density at radius 1 is 0.280 bits per heavy atom. The highest BCUT2D eigenvalue weighted by Crippen LogP contribution is 2.56. The third kappa shape index (κ3) is 9.91. The number of hydrogen-bond donors (Lipinski definition) is 0. The van der Waals surface area contributed by atoms with E-state index in [-0.39, 0.29) is 23.5 Å². The molecule has 15 heteroatoms. The maximum atomic E-state index is 8.02. The largest absolute Gasteiger partial charge is 0.493 e. The molecule has 3 heterocycles. The zero-order valence-corrected chi connectivity index (χ0v) is 45.6. The van der Waals surface area contributed by atoms with Crippen LogP contribution in [-0.2, 0) is 16.8 Å². The molecule has 0 spiro atoms. The summed E-state index contributed by atoms with van der Waals surface area (Å²) in [7, 11) is 14.2. The number of ether oxygens (including phenoxy) is 12. The lowest BCUT2D eigenvalue weighted by atomic mass is 9.77. The number of para-hydroxylation sites is 1. The van der Waals surface area contributed by atoms with Crippen molar-refractivity contribution in [3.8, 4) is 69.0 Å². The van der Waals surface area contributed by atoms with Crippen LogP contribution in [0.4, 0.5) is 0 Å². The van der Waals surface area contributed by atoms with Crippen LogP contribution >= 0.6 is 0 Å². The first-order valence-corrected chi connectivity index (χ1v) is 24.6. The van der Waals surface area contributed by atoms with Crippen LogP contribution in [0, 0.1) is 17.8 Å². The van der Waals surface area contributed by atoms with Gasteiger partial charge in [-0.1, -0.05) is 47.6 Å². The predicted molar refractivity (Wildman–Crippen MR) is 286 cm³/mol. The Labute approximate surface area is 440 Å². The van der Waals surface area contributed by atoms with Gasteiger partial charge >= 0.3 is 0 Å². The van der Waals surface area contributed by atoms with Crippen molar-refractivity contribution in [1.29, 1.82) is 0 Å². The Bertz CT molecular complexity index is 2800. The molecule has 0 aliphatic carbocycles. The summed E-state index contributed by atoms with van der Waals surface area (Å²) in [6.45, 7) is 12.5. The van der Waals surface area contributed by atoms with Crippen LogP contribution in [0.25, 0.3) is 0 Å². The highest BCUT2D eigenvalue weighted by atomic mass is 16.6. The third-order valence-electron chi connectivity index (χ3n) is 13.8. The molecule has 0 fully saturated rings. The van der Waals surface area contributed by atoms with E-state index in [1.807, 2.05) is 91.0 Å². The van der Waals surface area contributed by atoms with E-state index in [1.165, 1.54) is 0 Å². The maximum absolute atomic E-state index is 8.02. The molecule has 0 aliphatic heterocycles. The van der Waals surface area contributed by atoms with Gasteiger partial charge in [-0.05, 0) is 84.9 Å². The van der Waals surface area contributed by atoms with Gasteiger partial charge in [0.05, 0.1) is 64.0 Å². The number of benzene rings is 4. The average Bonchev–Trinajstić information content (AvgIpc) is 3.45. The number of pyridine rings is 3. The number of methoxy groups -OCH3 is 9. The first-order valence-electron chi connectivity index (χ1n) is 24.6. The number of rotatable bonds is 24. The van der Waals surface area contributed by atoms with E-state index in [4.69, 9.17) is 56.8 Å². The molecule has 3 aromatic heterocycles. The van der Waals surface area contributed by atoms with Crippen molar-refractivity contribution >= 4 is 0 Å². The fourth-order valence-corrected chi connectivity index (χ4v) is 10.2. The summed E-state index contributed by atoms with van der Waals surface area (Å²) < 4.78 is 77.3. The molecule has 0 bridgehead atoms. The Hall–Kier alpha value is -8.07. The molecule has 0 saturated heterocycles. The van der Waals surface area contributed by atoms with E-state index in [1.54, 1.807) is 101 Å². The van der Waals surface area contributed by atoms with Gasteiger partial charge in [0.2, 0.25) is 23.0 Å². The minimum absolute atomic E-state index is 0.245. The van der Waals surface area contributed by atoms with E-state index >= 15 is 0 Å². The van der Waals surface area contributed by atoms with Crippen molar-refractivity contribution in [3.63, 3.8) is 0 Å². The summed E-state index contributed by atoms with van der Waals surface area (Å²) >= 11 is 0. The van der Waals surface area contributed by atoms with Crippen LogP contribution in [0.1, 0.15) is 74.9 Å². The van der Waals surface area contributed by atoms with Crippen molar-refractivity contribution in [2.75, 3.05) is 64.0 Å². The highest BCUT2D eigenvalue weighted by Gasteiger charge is 2.48. The SMILES string of the molecule is COc1cc(C(Oc2cccc(OC(c3ccncc3)(c3cc(OC)c(OC)c(OC)c3)C(C)C)c2OC(c2ccncc2)(c2cc(OC)c(OC)c(OC)c2)C(C)C)(c2ccncc2)C(C)C)cc(OC)c1OC. The molecule has 0 N–H and O–H groups in total. The fraction of sp³-hybridized carbons (Fsp3) is 0.350. The highest BCUT2D eigenvalue weighted by molar-refractivity contribution is 5.62. The molecule has 0 aliphatic rings. The van der Waals surface area contributed by atoms with E-state index in [0.717, 1.165) is 16.7 Å². The lowest BCUT2D eigenvalue weighted by molar-refractivity contribution is 0.0162. The van der Waals surface area contributed by atoms with Gasteiger partial charge in [-0.15, -0.1) is 0 Å². The van der Waals surface area contributed by atoms with Crippen LogP contribution in [0.5, 0.6) is 69.0 Å². The molecule has 7 aromatic rings. The maximum Gasteiger partial charge on any atom is 0.205 e. The minimum Gasteiger partial charge on any atom is -0.493 e. The first kappa shape index (κ1) is 54.7. The monoisotopic (exact) mass is 1020 g/mol. The standard InChI is InChI=1S/C60H69N3O12/c1-37(2)58(40-19-25-61-26-20-40,43-31-48(64-7)54(70-13)49(32-43)65-8)73-46-17-16-18-47(74-59(38(3)4,41-21-27-62-28-22-41)44-33-50(66-9)55(71-14)51(34-44)67-10)57(46)75-60(39(5)6,42-23-29-63-30-24-42)45-35-52(68-11)56(72-15)53(36-45)69-12/h16-39H,1-15H3. The number of aromatic nitrogens is 3. The second-order valence-corrected chi connectivity index (χ2v) is 18.5. The smallest absolute Gasteiger partial charge is 0.205 e. The van der Waals surface area contributed by atoms with Gasteiger partial charge in [-0.3, -0.25) is 15.0 Å². The van der Waals surface area contributed by atoms with Crippen LogP contribution < -0.4 is 56.8 Å². The van der Waals surface area contributed by atoms with Gasteiger partial charge in [0.1, 0.15) is 0 Å². The van der Waals surface area contributed by atoms with Crippen LogP contribution in [0.2, 0.25) is 0 Å². The summed E-state index contributed by atoms with van der Waals surface area (Å²) in [6.07, 6.45) is 10.4. The van der Waals surface area contributed by atoms with E-state index in [2.05, 4.69) is 56.5 Å². The van der Waals surface area contributed by atoms with E-state index < -0.39 is 16.8 Å². The van der Waals surface area contributed by atoms with Gasteiger partial charge in [0, 0.05) is 88.3 Å². The van der Waals surface area contributed by atoms with Crippen LogP contribution in [-0.4, -0.2) is 78.9 Å². The summed E-state index contributed by atoms with van der Waals surface area (Å²) in [6, 6.07) is 28.7. The van der Waals surface area contributed by atoms with Crippen molar-refractivity contribution in [1.82, 2.24) is 15.0 Å². The van der Waals surface area contributed by atoms with Gasteiger partial charge in [0.15, 0.2) is 62.8 Å². The quantitative estimate of drug-likeness (QED) is 0.0564. The normalized spacial score (nSPS) is 13.7. The molecule has 75 heavy (non-hydrogen) atoms. The van der Waals surface area contributed by atoms with Gasteiger partial charge in [-0.2, -0.15) is 0 Å². The summed E-state index contributed by atoms with van der Waals surface area (Å²) in [5.41, 5.74) is 0.357. The minimum atomic E-state index is -1.37. The second kappa shape index (κ2) is 23.4. The molecule has 7 rings (SSSR count). The summed E-state index contributed by atoms with van der Waals surface area (Å²) in [4.78, 5) is 13.3. The molecular weight excluding hydrogens is 955 g/mol. The Kier molecular flexibility index (Phi) is 17.1. The Morgan fingerprint density at radius 3 is 0.733 bits per heavy atom. The van der Waals surface area contributed by atoms with Crippen molar-refractivity contribution < 1.29 is 56.8 Å². The van der Waals surface area contributed by atoms with Crippen LogP contribution in [0.15, 0.2) is 128 Å². The zero-order valence-electron chi connectivity index (χ0n) is 45.6. The van der Waals surface area contributed by atoms with Gasteiger partial charge < -0.3 is 56.8 Å². The molecule has 4 aromatic carbocycles. The zero-order chi connectivity index (χ0) is 54.1. The molecule has 396 valence electrons. The number of nitrogens with zero attached hydrogens (tertiary/aromatic N) is 3.